The summed E-state index contributed by atoms with van der Waals surface area (Å²) in [6.07, 6.45) is 1.20. The van der Waals surface area contributed by atoms with E-state index in [1.165, 1.54) is 23.5 Å². The number of hydrogen-bond donors (Lipinski definition) is 1. The molecule has 0 spiro atoms. The SMILES string of the molecule is COc1cc(S(=O)(=O)N2CCC(N)CC2)ccc1[N+](=O)[O-]. The lowest BCUT2D eigenvalue weighted by Crippen LogP contribution is -2.42. The highest BCUT2D eigenvalue weighted by Gasteiger charge is 2.29. The Morgan fingerprint density at radius 1 is 1.38 bits per heavy atom. The van der Waals surface area contributed by atoms with Gasteiger partial charge in [0.05, 0.1) is 16.9 Å². The van der Waals surface area contributed by atoms with Crippen LogP contribution in [0.2, 0.25) is 0 Å². The summed E-state index contributed by atoms with van der Waals surface area (Å²) in [5.74, 6) is -0.0743. The van der Waals surface area contributed by atoms with Crippen molar-refractivity contribution >= 4 is 15.7 Å². The summed E-state index contributed by atoms with van der Waals surface area (Å²) in [6, 6.07) is 3.57. The standard InChI is InChI=1S/C12H17N3O5S/c1-20-12-8-10(2-3-11(12)15(16)17)21(18,19)14-6-4-9(13)5-7-14/h2-3,8-9H,4-7,13H2,1H3. The van der Waals surface area contributed by atoms with Gasteiger partial charge in [-0.15, -0.1) is 0 Å². The number of nitrogens with zero attached hydrogens (tertiary/aromatic N) is 2. The van der Waals surface area contributed by atoms with Crippen LogP contribution in [-0.4, -0.2) is 43.9 Å². The van der Waals surface area contributed by atoms with Crippen LogP contribution in [0.25, 0.3) is 0 Å². The van der Waals surface area contributed by atoms with Crippen molar-refractivity contribution < 1.29 is 18.1 Å². The van der Waals surface area contributed by atoms with Gasteiger partial charge in [-0.05, 0) is 18.9 Å². The Balaban J connectivity index is 2.34. The Labute approximate surface area is 122 Å². The van der Waals surface area contributed by atoms with E-state index in [4.69, 9.17) is 10.5 Å². The minimum Gasteiger partial charge on any atom is -0.490 e. The lowest BCUT2D eigenvalue weighted by atomic mass is 10.1. The van der Waals surface area contributed by atoms with Gasteiger partial charge in [0, 0.05) is 31.3 Å². The molecule has 1 aliphatic heterocycles. The van der Waals surface area contributed by atoms with Gasteiger partial charge in [0.25, 0.3) is 0 Å². The molecule has 0 bridgehead atoms. The molecule has 0 saturated carbocycles. The molecule has 2 N–H and O–H groups in total. The molecule has 0 atom stereocenters. The monoisotopic (exact) mass is 315 g/mol. The predicted molar refractivity (Wildman–Crippen MR) is 75.6 cm³/mol. The van der Waals surface area contributed by atoms with Gasteiger partial charge in [-0.2, -0.15) is 4.31 Å². The molecule has 0 radical (unpaired) electrons. The first-order valence-electron chi connectivity index (χ1n) is 6.44. The maximum Gasteiger partial charge on any atom is 0.310 e. The van der Waals surface area contributed by atoms with Crippen molar-refractivity contribution in [3.8, 4) is 5.75 Å². The van der Waals surface area contributed by atoms with Crippen molar-refractivity contribution in [3.05, 3.63) is 28.3 Å². The Hall–Kier alpha value is -1.71. The number of sulfonamides is 1. The van der Waals surface area contributed by atoms with E-state index in [1.807, 2.05) is 0 Å². The Morgan fingerprint density at radius 2 is 2.00 bits per heavy atom. The smallest absolute Gasteiger partial charge is 0.310 e. The fourth-order valence-corrected chi connectivity index (χ4v) is 3.72. The summed E-state index contributed by atoms with van der Waals surface area (Å²) in [4.78, 5) is 10.2. The molecule has 1 aromatic carbocycles. The normalized spacial score (nSPS) is 17.6. The summed E-state index contributed by atoms with van der Waals surface area (Å²) >= 11 is 0. The first-order chi connectivity index (χ1) is 9.86. The maximum absolute atomic E-state index is 12.5. The van der Waals surface area contributed by atoms with Gasteiger partial charge in [0.1, 0.15) is 0 Å². The summed E-state index contributed by atoms with van der Waals surface area (Å²) < 4.78 is 31.3. The lowest BCUT2D eigenvalue weighted by molar-refractivity contribution is -0.385. The van der Waals surface area contributed by atoms with Gasteiger partial charge in [0.2, 0.25) is 10.0 Å². The molecule has 9 heteroatoms. The van der Waals surface area contributed by atoms with Crippen LogP contribution in [-0.2, 0) is 10.0 Å². The number of rotatable bonds is 4. The predicted octanol–water partition coefficient (Wildman–Crippen LogP) is 0.715. The van der Waals surface area contributed by atoms with Crippen LogP contribution in [0.4, 0.5) is 5.69 Å². The average Bonchev–Trinajstić information content (AvgIpc) is 2.46. The van der Waals surface area contributed by atoms with Crippen molar-refractivity contribution in [1.82, 2.24) is 4.31 Å². The van der Waals surface area contributed by atoms with E-state index in [0.717, 1.165) is 6.07 Å². The largest absolute Gasteiger partial charge is 0.490 e. The van der Waals surface area contributed by atoms with Gasteiger partial charge >= 0.3 is 5.69 Å². The van der Waals surface area contributed by atoms with Crippen molar-refractivity contribution in [2.24, 2.45) is 5.73 Å². The molecular formula is C12H17N3O5S. The fraction of sp³-hybridized carbons (Fsp3) is 0.500. The van der Waals surface area contributed by atoms with Crippen LogP contribution in [0.5, 0.6) is 5.75 Å². The summed E-state index contributed by atoms with van der Waals surface area (Å²) in [7, 11) is -2.42. The van der Waals surface area contributed by atoms with Gasteiger partial charge in [-0.25, -0.2) is 8.42 Å². The molecule has 1 aliphatic rings. The van der Waals surface area contributed by atoms with Crippen molar-refractivity contribution in [3.63, 3.8) is 0 Å². The second kappa shape index (κ2) is 5.96. The minimum absolute atomic E-state index is 0.0135. The zero-order valence-electron chi connectivity index (χ0n) is 11.6. The molecule has 1 fully saturated rings. The second-order valence-electron chi connectivity index (χ2n) is 4.83. The summed E-state index contributed by atoms with van der Waals surface area (Å²) in [5, 5.41) is 10.8. The number of piperidine rings is 1. The number of methoxy groups -OCH3 is 1. The third kappa shape index (κ3) is 3.14. The summed E-state index contributed by atoms with van der Waals surface area (Å²) in [6.45, 7) is 0.700. The molecule has 1 saturated heterocycles. The maximum atomic E-state index is 12.5. The topological polar surface area (TPSA) is 116 Å². The molecule has 0 unspecified atom stereocenters. The van der Waals surface area contributed by atoms with E-state index in [-0.39, 0.29) is 22.4 Å². The van der Waals surface area contributed by atoms with Crippen LogP contribution in [0, 0.1) is 10.1 Å². The van der Waals surface area contributed by atoms with Crippen LogP contribution in [0.15, 0.2) is 23.1 Å². The van der Waals surface area contributed by atoms with Crippen LogP contribution in [0.3, 0.4) is 0 Å². The molecule has 0 aromatic heterocycles. The number of nitro groups is 1. The zero-order valence-corrected chi connectivity index (χ0v) is 12.4. The van der Waals surface area contributed by atoms with Gasteiger partial charge in [0.15, 0.2) is 5.75 Å². The highest BCUT2D eigenvalue weighted by atomic mass is 32.2. The van der Waals surface area contributed by atoms with E-state index in [2.05, 4.69) is 0 Å². The summed E-state index contributed by atoms with van der Waals surface area (Å²) in [5.41, 5.74) is 5.49. The zero-order chi connectivity index (χ0) is 15.6. The second-order valence-corrected chi connectivity index (χ2v) is 6.77. The first-order valence-corrected chi connectivity index (χ1v) is 7.88. The molecule has 8 nitrogen and oxygen atoms in total. The van der Waals surface area contributed by atoms with E-state index in [0.29, 0.717) is 25.9 Å². The molecule has 21 heavy (non-hydrogen) atoms. The van der Waals surface area contributed by atoms with Crippen LogP contribution in [0.1, 0.15) is 12.8 Å². The van der Waals surface area contributed by atoms with E-state index >= 15 is 0 Å². The molecule has 1 heterocycles. The molecule has 0 amide bonds. The van der Waals surface area contributed by atoms with Crippen LogP contribution < -0.4 is 10.5 Å². The van der Waals surface area contributed by atoms with E-state index in [1.54, 1.807) is 0 Å². The number of hydrogen-bond acceptors (Lipinski definition) is 6. The quantitative estimate of drug-likeness (QED) is 0.646. The third-order valence-electron chi connectivity index (χ3n) is 3.48. The Kier molecular flexibility index (Phi) is 4.45. The highest BCUT2D eigenvalue weighted by Crippen LogP contribution is 2.31. The van der Waals surface area contributed by atoms with Gasteiger partial charge < -0.3 is 10.5 Å². The van der Waals surface area contributed by atoms with E-state index in [9.17, 15) is 18.5 Å². The Morgan fingerprint density at radius 3 is 2.52 bits per heavy atom. The molecular weight excluding hydrogens is 298 g/mol. The number of ether oxygens (including phenoxy) is 1. The van der Waals surface area contributed by atoms with Gasteiger partial charge in [-0.1, -0.05) is 0 Å². The average molecular weight is 315 g/mol. The van der Waals surface area contributed by atoms with Crippen LogP contribution >= 0.6 is 0 Å². The third-order valence-corrected chi connectivity index (χ3v) is 5.38. The fourth-order valence-electron chi connectivity index (χ4n) is 2.23. The Bertz CT molecular complexity index is 638. The van der Waals surface area contributed by atoms with Crippen molar-refractivity contribution in [1.29, 1.82) is 0 Å². The van der Waals surface area contributed by atoms with Crippen molar-refractivity contribution in [2.75, 3.05) is 20.2 Å². The lowest BCUT2D eigenvalue weighted by Gasteiger charge is -2.29. The number of nitro benzene ring substituents is 1. The minimum atomic E-state index is -3.69. The molecule has 1 aromatic rings. The van der Waals surface area contributed by atoms with E-state index < -0.39 is 14.9 Å². The first kappa shape index (κ1) is 15.7. The highest BCUT2D eigenvalue weighted by molar-refractivity contribution is 7.89. The molecule has 0 aliphatic carbocycles. The van der Waals surface area contributed by atoms with Crippen molar-refractivity contribution in [2.45, 2.75) is 23.8 Å². The number of nitrogens with two attached hydrogens (primary N) is 1. The molecule has 2 rings (SSSR count). The van der Waals surface area contributed by atoms with Gasteiger partial charge in [-0.3, -0.25) is 10.1 Å². The number of benzene rings is 1. The molecule has 116 valence electrons.